The number of hydrogen-bond acceptors (Lipinski definition) is 2. The molecule has 0 aromatic heterocycles. The van der Waals surface area contributed by atoms with Crippen LogP contribution in [0.3, 0.4) is 0 Å². The first kappa shape index (κ1) is 14.9. The zero-order chi connectivity index (χ0) is 14.5. The van der Waals surface area contributed by atoms with Crippen LogP contribution in [-0.4, -0.2) is 12.2 Å². The van der Waals surface area contributed by atoms with Gasteiger partial charge in [-0.2, -0.15) is 0 Å². The van der Waals surface area contributed by atoms with Gasteiger partial charge in [-0.1, -0.05) is 41.4 Å². The van der Waals surface area contributed by atoms with Crippen LogP contribution in [0.4, 0.5) is 0 Å². The van der Waals surface area contributed by atoms with Gasteiger partial charge in [0, 0.05) is 11.4 Å². The Labute approximate surface area is 128 Å². The van der Waals surface area contributed by atoms with Gasteiger partial charge in [0.1, 0.15) is 0 Å². The Balaban J connectivity index is 2.06. The quantitative estimate of drug-likeness (QED) is 0.853. The van der Waals surface area contributed by atoms with E-state index in [1.54, 1.807) is 17.8 Å². The summed E-state index contributed by atoms with van der Waals surface area (Å²) in [5, 5.41) is 3.37. The van der Waals surface area contributed by atoms with Gasteiger partial charge >= 0.3 is 0 Å². The Morgan fingerprint density at radius 1 is 1.20 bits per heavy atom. The maximum absolute atomic E-state index is 12.2. The third kappa shape index (κ3) is 3.78. The van der Waals surface area contributed by atoms with Crippen LogP contribution in [-0.2, 0) is 6.54 Å². The molecule has 2 aromatic carbocycles. The molecule has 1 N–H and O–H groups in total. The lowest BCUT2D eigenvalue weighted by molar-refractivity contribution is 0.0951. The molecule has 2 rings (SSSR count). The average molecular weight is 306 g/mol. The van der Waals surface area contributed by atoms with E-state index >= 15 is 0 Å². The molecule has 0 bridgehead atoms. The van der Waals surface area contributed by atoms with Crippen LogP contribution in [0.25, 0.3) is 0 Å². The van der Waals surface area contributed by atoms with Gasteiger partial charge < -0.3 is 5.32 Å². The van der Waals surface area contributed by atoms with E-state index in [9.17, 15) is 4.79 Å². The molecule has 2 aromatic rings. The number of halogens is 1. The third-order valence-corrected chi connectivity index (χ3v) is 4.05. The summed E-state index contributed by atoms with van der Waals surface area (Å²) in [5.41, 5.74) is 2.79. The number of carbonyl (C=O) groups is 1. The summed E-state index contributed by atoms with van der Waals surface area (Å²) in [7, 11) is 0. The number of hydrogen-bond donors (Lipinski definition) is 1. The van der Waals surface area contributed by atoms with Crippen LogP contribution in [0.15, 0.2) is 47.4 Å². The smallest absolute Gasteiger partial charge is 0.253 e. The minimum Gasteiger partial charge on any atom is -0.348 e. The molecule has 0 radical (unpaired) electrons. The van der Waals surface area contributed by atoms with Gasteiger partial charge in [-0.25, -0.2) is 0 Å². The van der Waals surface area contributed by atoms with E-state index in [1.165, 1.54) is 5.56 Å². The van der Waals surface area contributed by atoms with Crippen LogP contribution >= 0.6 is 23.4 Å². The van der Waals surface area contributed by atoms with Crippen LogP contribution < -0.4 is 5.32 Å². The maximum atomic E-state index is 12.2. The summed E-state index contributed by atoms with van der Waals surface area (Å²) in [6.07, 6.45) is 1.97. The summed E-state index contributed by atoms with van der Waals surface area (Å²) in [6, 6.07) is 13.6. The van der Waals surface area contributed by atoms with E-state index < -0.39 is 0 Å². The second kappa shape index (κ2) is 6.82. The monoisotopic (exact) mass is 305 g/mol. The SMILES string of the molecule is CSc1ccc(Cl)c(C(=O)NCc2ccc(C)cc2)c1. The van der Waals surface area contributed by atoms with Crippen molar-refractivity contribution < 1.29 is 4.79 Å². The maximum Gasteiger partial charge on any atom is 0.253 e. The third-order valence-electron chi connectivity index (χ3n) is 2.99. The molecule has 0 saturated heterocycles. The van der Waals surface area contributed by atoms with Crippen LogP contribution in [0, 0.1) is 6.92 Å². The van der Waals surface area contributed by atoms with E-state index in [-0.39, 0.29) is 5.91 Å². The largest absolute Gasteiger partial charge is 0.348 e. The highest BCUT2D eigenvalue weighted by Gasteiger charge is 2.10. The molecule has 1 amide bonds. The second-order valence-corrected chi connectivity index (χ2v) is 5.80. The molecule has 20 heavy (non-hydrogen) atoms. The number of thioether (sulfide) groups is 1. The highest BCUT2D eigenvalue weighted by atomic mass is 35.5. The number of benzene rings is 2. The van der Waals surface area contributed by atoms with Crippen molar-refractivity contribution in [1.82, 2.24) is 5.32 Å². The molecule has 0 spiro atoms. The van der Waals surface area contributed by atoms with E-state index in [0.717, 1.165) is 10.5 Å². The summed E-state index contributed by atoms with van der Waals surface area (Å²) in [6.45, 7) is 2.54. The van der Waals surface area contributed by atoms with E-state index in [4.69, 9.17) is 11.6 Å². The van der Waals surface area contributed by atoms with Crippen LogP contribution in [0.5, 0.6) is 0 Å². The number of aryl methyl sites for hydroxylation is 1. The van der Waals surface area contributed by atoms with Gasteiger partial charge in [-0.15, -0.1) is 11.8 Å². The van der Waals surface area contributed by atoms with Crippen molar-refractivity contribution in [2.45, 2.75) is 18.4 Å². The number of nitrogens with one attached hydrogen (secondary N) is 1. The first-order chi connectivity index (χ1) is 9.60. The first-order valence-electron chi connectivity index (χ1n) is 6.27. The highest BCUT2D eigenvalue weighted by Crippen LogP contribution is 2.23. The summed E-state index contributed by atoms with van der Waals surface area (Å²) in [4.78, 5) is 13.2. The Kier molecular flexibility index (Phi) is 5.10. The highest BCUT2D eigenvalue weighted by molar-refractivity contribution is 7.98. The number of amides is 1. The molecule has 0 saturated carbocycles. The molecule has 2 nitrogen and oxygen atoms in total. The van der Waals surface area contributed by atoms with Crippen molar-refractivity contribution in [3.63, 3.8) is 0 Å². The van der Waals surface area contributed by atoms with Crippen molar-refractivity contribution in [1.29, 1.82) is 0 Å². The summed E-state index contributed by atoms with van der Waals surface area (Å²) < 4.78 is 0. The van der Waals surface area contributed by atoms with Crippen molar-refractivity contribution >= 4 is 29.3 Å². The molecule has 0 aliphatic heterocycles. The van der Waals surface area contributed by atoms with Crippen molar-refractivity contribution in [2.24, 2.45) is 0 Å². The van der Waals surface area contributed by atoms with Crippen LogP contribution in [0.1, 0.15) is 21.5 Å². The Hall–Kier alpha value is -1.45. The standard InChI is InChI=1S/C16H16ClNOS/c1-11-3-5-12(6-4-11)10-18-16(19)14-9-13(20-2)7-8-15(14)17/h3-9H,10H2,1-2H3,(H,18,19). The molecule has 0 aliphatic carbocycles. The fourth-order valence-corrected chi connectivity index (χ4v) is 2.43. The topological polar surface area (TPSA) is 29.1 Å². The first-order valence-corrected chi connectivity index (χ1v) is 7.87. The van der Waals surface area contributed by atoms with E-state index in [1.807, 2.05) is 49.6 Å². The van der Waals surface area contributed by atoms with Gasteiger partial charge in [-0.3, -0.25) is 4.79 Å². The molecule has 0 fully saturated rings. The lowest BCUT2D eigenvalue weighted by atomic mass is 10.1. The Bertz CT molecular complexity index is 610. The fourth-order valence-electron chi connectivity index (χ4n) is 1.79. The van der Waals surface area contributed by atoms with Crippen molar-refractivity contribution in [3.8, 4) is 0 Å². The van der Waals surface area contributed by atoms with Gasteiger partial charge in [0.25, 0.3) is 5.91 Å². The fraction of sp³-hybridized carbons (Fsp3) is 0.188. The van der Waals surface area contributed by atoms with Gasteiger partial charge in [0.05, 0.1) is 10.6 Å². The molecule has 104 valence electrons. The van der Waals surface area contributed by atoms with Gasteiger partial charge in [0.2, 0.25) is 0 Å². The normalized spacial score (nSPS) is 10.3. The molecule has 0 aliphatic rings. The zero-order valence-corrected chi connectivity index (χ0v) is 13.0. The van der Waals surface area contributed by atoms with E-state index in [2.05, 4.69) is 5.32 Å². The Morgan fingerprint density at radius 3 is 2.55 bits per heavy atom. The molecule has 0 heterocycles. The van der Waals surface area contributed by atoms with Crippen molar-refractivity contribution in [2.75, 3.05) is 6.26 Å². The molecule has 4 heteroatoms. The summed E-state index contributed by atoms with van der Waals surface area (Å²) in [5.74, 6) is -0.147. The molecular weight excluding hydrogens is 290 g/mol. The lowest BCUT2D eigenvalue weighted by Crippen LogP contribution is -2.23. The Morgan fingerprint density at radius 2 is 1.90 bits per heavy atom. The lowest BCUT2D eigenvalue weighted by Gasteiger charge is -2.08. The average Bonchev–Trinajstić information content (AvgIpc) is 2.47. The minimum absolute atomic E-state index is 0.147. The zero-order valence-electron chi connectivity index (χ0n) is 11.4. The van der Waals surface area contributed by atoms with E-state index in [0.29, 0.717) is 17.1 Å². The van der Waals surface area contributed by atoms with Crippen molar-refractivity contribution in [3.05, 3.63) is 64.2 Å². The molecular formula is C16H16ClNOS. The summed E-state index contributed by atoms with van der Waals surface area (Å²) >= 11 is 7.67. The number of carbonyl (C=O) groups excluding carboxylic acids is 1. The predicted octanol–water partition coefficient (Wildman–Crippen LogP) is 4.30. The second-order valence-electron chi connectivity index (χ2n) is 4.51. The molecule has 0 unspecified atom stereocenters. The molecule has 0 atom stereocenters. The minimum atomic E-state index is -0.147. The van der Waals surface area contributed by atoms with Gasteiger partial charge in [-0.05, 0) is 36.9 Å². The van der Waals surface area contributed by atoms with Crippen LogP contribution in [0.2, 0.25) is 5.02 Å². The predicted molar refractivity (Wildman–Crippen MR) is 85.6 cm³/mol. The van der Waals surface area contributed by atoms with Gasteiger partial charge in [0.15, 0.2) is 0 Å². The number of rotatable bonds is 4.